The van der Waals surface area contributed by atoms with Crippen molar-refractivity contribution in [2.24, 2.45) is 0 Å². The van der Waals surface area contributed by atoms with E-state index in [9.17, 15) is 5.11 Å². The molecule has 0 bridgehead atoms. The van der Waals surface area contributed by atoms with E-state index in [4.69, 9.17) is 4.74 Å². The molecule has 1 aliphatic rings. The monoisotopic (exact) mass is 196 g/mol. The van der Waals surface area contributed by atoms with Gasteiger partial charge in [-0.05, 0) is 12.8 Å². The van der Waals surface area contributed by atoms with Crippen molar-refractivity contribution in [2.75, 3.05) is 6.61 Å². The molecule has 1 fully saturated rings. The molecule has 1 heterocycles. The van der Waals surface area contributed by atoms with Crippen LogP contribution >= 0.6 is 0 Å². The molecule has 1 aromatic heterocycles. The number of ether oxygens (including phenoxy) is 1. The molecule has 4 heteroatoms. The van der Waals surface area contributed by atoms with E-state index in [1.807, 2.05) is 0 Å². The number of aliphatic hydroxyl groups is 1. The van der Waals surface area contributed by atoms with E-state index in [2.05, 4.69) is 9.97 Å². The number of H-pyrrole nitrogens is 1. The number of hydrogen-bond acceptors (Lipinski definition) is 3. The third kappa shape index (κ3) is 2.26. The quantitative estimate of drug-likeness (QED) is 0.770. The van der Waals surface area contributed by atoms with Crippen molar-refractivity contribution in [1.82, 2.24) is 9.97 Å². The first-order valence-corrected chi connectivity index (χ1v) is 5.12. The SMILES string of the molecule is OC1(COc2cnc[nH]2)CCCCC1. The average Bonchev–Trinajstić information content (AvgIpc) is 2.69. The molecule has 2 N–H and O–H groups in total. The summed E-state index contributed by atoms with van der Waals surface area (Å²) in [6.45, 7) is 0.370. The number of aromatic amines is 1. The molecule has 0 radical (unpaired) electrons. The molecule has 0 spiro atoms. The number of nitrogens with one attached hydrogen (secondary N) is 1. The first kappa shape index (κ1) is 9.52. The molecule has 4 nitrogen and oxygen atoms in total. The van der Waals surface area contributed by atoms with Gasteiger partial charge in [0, 0.05) is 0 Å². The van der Waals surface area contributed by atoms with E-state index in [1.54, 1.807) is 12.5 Å². The maximum Gasteiger partial charge on any atom is 0.211 e. The molecule has 0 saturated heterocycles. The molecule has 14 heavy (non-hydrogen) atoms. The van der Waals surface area contributed by atoms with Crippen LogP contribution in [0.1, 0.15) is 32.1 Å². The summed E-state index contributed by atoms with van der Waals surface area (Å²) in [7, 11) is 0. The van der Waals surface area contributed by atoms with Gasteiger partial charge < -0.3 is 14.8 Å². The second-order valence-electron chi connectivity index (χ2n) is 3.99. The summed E-state index contributed by atoms with van der Waals surface area (Å²) in [6.07, 6.45) is 8.31. The Balaban J connectivity index is 1.84. The first-order valence-electron chi connectivity index (χ1n) is 5.12. The molecule has 0 atom stereocenters. The summed E-state index contributed by atoms with van der Waals surface area (Å²) < 4.78 is 5.42. The maximum absolute atomic E-state index is 10.1. The number of aromatic nitrogens is 2. The lowest BCUT2D eigenvalue weighted by atomic mass is 9.86. The van der Waals surface area contributed by atoms with Gasteiger partial charge in [0.25, 0.3) is 0 Å². The van der Waals surface area contributed by atoms with E-state index < -0.39 is 5.60 Å². The fraction of sp³-hybridized carbons (Fsp3) is 0.700. The standard InChI is InChI=1S/C10H16N2O2/c13-10(4-2-1-3-5-10)7-14-9-6-11-8-12-9/h6,8,13H,1-5,7H2,(H,11,12). The minimum atomic E-state index is -0.622. The Morgan fingerprint density at radius 1 is 1.43 bits per heavy atom. The molecule has 1 aliphatic carbocycles. The first-order chi connectivity index (χ1) is 6.79. The van der Waals surface area contributed by atoms with Gasteiger partial charge in [0.05, 0.1) is 18.1 Å². The summed E-state index contributed by atoms with van der Waals surface area (Å²) in [4.78, 5) is 6.70. The zero-order valence-electron chi connectivity index (χ0n) is 8.20. The number of rotatable bonds is 3. The fourth-order valence-electron chi connectivity index (χ4n) is 1.89. The Labute approximate surface area is 83.3 Å². The van der Waals surface area contributed by atoms with Crippen LogP contribution in [0.5, 0.6) is 5.88 Å². The Hall–Kier alpha value is -1.03. The normalized spacial score (nSPS) is 20.6. The van der Waals surface area contributed by atoms with E-state index in [1.165, 1.54) is 6.42 Å². The smallest absolute Gasteiger partial charge is 0.211 e. The van der Waals surface area contributed by atoms with Crippen molar-refractivity contribution in [3.8, 4) is 5.88 Å². The van der Waals surface area contributed by atoms with Gasteiger partial charge in [-0.15, -0.1) is 0 Å². The van der Waals surface area contributed by atoms with Crippen LogP contribution in [0, 0.1) is 0 Å². The van der Waals surface area contributed by atoms with Crippen LogP contribution in [0.2, 0.25) is 0 Å². The maximum atomic E-state index is 10.1. The molecule has 0 aliphatic heterocycles. The lowest BCUT2D eigenvalue weighted by Gasteiger charge is -2.31. The van der Waals surface area contributed by atoms with Gasteiger partial charge >= 0.3 is 0 Å². The summed E-state index contributed by atoms with van der Waals surface area (Å²) >= 11 is 0. The highest BCUT2D eigenvalue weighted by molar-refractivity contribution is 5.02. The van der Waals surface area contributed by atoms with Crippen molar-refractivity contribution in [1.29, 1.82) is 0 Å². The van der Waals surface area contributed by atoms with Gasteiger partial charge in [-0.1, -0.05) is 19.3 Å². The predicted octanol–water partition coefficient (Wildman–Crippen LogP) is 1.48. The van der Waals surface area contributed by atoms with Gasteiger partial charge in [0.15, 0.2) is 0 Å². The molecular weight excluding hydrogens is 180 g/mol. The Kier molecular flexibility index (Phi) is 2.72. The Morgan fingerprint density at radius 3 is 2.86 bits per heavy atom. The largest absolute Gasteiger partial charge is 0.475 e. The number of hydrogen-bond donors (Lipinski definition) is 2. The van der Waals surface area contributed by atoms with Gasteiger partial charge in [0.1, 0.15) is 6.61 Å². The third-order valence-corrected chi connectivity index (χ3v) is 2.75. The minimum absolute atomic E-state index is 0.370. The lowest BCUT2D eigenvalue weighted by molar-refractivity contribution is -0.0348. The van der Waals surface area contributed by atoms with Crippen molar-refractivity contribution in [3.63, 3.8) is 0 Å². The summed E-state index contributed by atoms with van der Waals surface area (Å²) in [5.74, 6) is 0.629. The zero-order chi connectivity index (χ0) is 9.86. The summed E-state index contributed by atoms with van der Waals surface area (Å²) in [5, 5.41) is 10.1. The third-order valence-electron chi connectivity index (χ3n) is 2.75. The van der Waals surface area contributed by atoms with Gasteiger partial charge in [0.2, 0.25) is 5.88 Å². The van der Waals surface area contributed by atoms with Crippen molar-refractivity contribution in [2.45, 2.75) is 37.7 Å². The minimum Gasteiger partial charge on any atom is -0.475 e. The van der Waals surface area contributed by atoms with Gasteiger partial charge in [-0.25, -0.2) is 4.98 Å². The second kappa shape index (κ2) is 4.00. The van der Waals surface area contributed by atoms with Crippen LogP contribution in [0.4, 0.5) is 0 Å². The molecule has 0 unspecified atom stereocenters. The fourth-order valence-corrected chi connectivity index (χ4v) is 1.89. The average molecular weight is 196 g/mol. The molecule has 2 rings (SSSR count). The van der Waals surface area contributed by atoms with E-state index in [0.29, 0.717) is 12.5 Å². The highest BCUT2D eigenvalue weighted by Crippen LogP contribution is 2.28. The van der Waals surface area contributed by atoms with Crippen LogP contribution in [-0.4, -0.2) is 27.3 Å². The van der Waals surface area contributed by atoms with Crippen LogP contribution < -0.4 is 4.74 Å². The van der Waals surface area contributed by atoms with Crippen LogP contribution in [0.25, 0.3) is 0 Å². The van der Waals surface area contributed by atoms with Crippen molar-refractivity contribution >= 4 is 0 Å². The molecule has 0 amide bonds. The van der Waals surface area contributed by atoms with E-state index in [-0.39, 0.29) is 0 Å². The highest BCUT2D eigenvalue weighted by atomic mass is 16.5. The van der Waals surface area contributed by atoms with Gasteiger partial charge in [-0.2, -0.15) is 0 Å². The Bertz CT molecular complexity index is 266. The topological polar surface area (TPSA) is 58.1 Å². The van der Waals surface area contributed by atoms with E-state index >= 15 is 0 Å². The summed E-state index contributed by atoms with van der Waals surface area (Å²) in [6, 6.07) is 0. The second-order valence-corrected chi connectivity index (χ2v) is 3.99. The molecular formula is C10H16N2O2. The Morgan fingerprint density at radius 2 is 2.21 bits per heavy atom. The molecule has 78 valence electrons. The van der Waals surface area contributed by atoms with Gasteiger partial charge in [-0.3, -0.25) is 0 Å². The predicted molar refractivity (Wildman–Crippen MR) is 52.1 cm³/mol. The molecule has 0 aromatic carbocycles. The number of nitrogens with zero attached hydrogens (tertiary/aromatic N) is 1. The van der Waals surface area contributed by atoms with Crippen LogP contribution in [-0.2, 0) is 0 Å². The molecule has 1 aromatic rings. The lowest BCUT2D eigenvalue weighted by Crippen LogP contribution is -2.37. The van der Waals surface area contributed by atoms with Crippen molar-refractivity contribution < 1.29 is 9.84 Å². The number of imidazole rings is 1. The van der Waals surface area contributed by atoms with Crippen LogP contribution in [0.15, 0.2) is 12.5 Å². The zero-order valence-corrected chi connectivity index (χ0v) is 8.20. The van der Waals surface area contributed by atoms with Crippen LogP contribution in [0.3, 0.4) is 0 Å². The summed E-state index contributed by atoms with van der Waals surface area (Å²) in [5.41, 5.74) is -0.622. The molecule has 1 saturated carbocycles. The van der Waals surface area contributed by atoms with Crippen molar-refractivity contribution in [3.05, 3.63) is 12.5 Å². The highest BCUT2D eigenvalue weighted by Gasteiger charge is 2.30. The van der Waals surface area contributed by atoms with E-state index in [0.717, 1.165) is 25.7 Å².